The van der Waals surface area contributed by atoms with E-state index in [0.29, 0.717) is 6.42 Å². The van der Waals surface area contributed by atoms with E-state index < -0.39 is 11.0 Å². The molecule has 6 heteroatoms. The lowest BCUT2D eigenvalue weighted by molar-refractivity contribution is -0.122. The fraction of sp³-hybridized carbons (Fsp3) is 0.348. The second kappa shape index (κ2) is 16.6. The van der Waals surface area contributed by atoms with Gasteiger partial charge in [0.05, 0.1) is 6.42 Å². The maximum absolute atomic E-state index is 13.4. The van der Waals surface area contributed by atoms with Gasteiger partial charge in [-0.05, 0) is 92.6 Å². The van der Waals surface area contributed by atoms with Crippen LogP contribution in [0.1, 0.15) is 71.1 Å². The Hall–Kier alpha value is -4.94. The molecule has 1 aliphatic heterocycles. The average molecular weight is 696 g/mol. The third kappa shape index (κ3) is 9.29. The van der Waals surface area contributed by atoms with Gasteiger partial charge in [-0.25, -0.2) is 4.99 Å². The number of nitrogens with two attached hydrogens (primary N) is 1. The zero-order chi connectivity index (χ0) is 37.5. The molecule has 1 amide bonds. The number of carbonyl (C=O) groups excluding carboxylic acids is 1. The molecule has 3 aromatic rings. The maximum atomic E-state index is 13.4. The van der Waals surface area contributed by atoms with Crippen molar-refractivity contribution in [1.29, 1.82) is 0 Å². The number of carbonyl (C=O) groups is 1. The van der Waals surface area contributed by atoms with Crippen molar-refractivity contribution in [2.24, 2.45) is 10.7 Å². The zero-order valence-electron chi connectivity index (χ0n) is 32.3. The van der Waals surface area contributed by atoms with Gasteiger partial charge in [-0.2, -0.15) is 0 Å². The van der Waals surface area contributed by atoms with E-state index in [1.807, 2.05) is 37.3 Å². The number of rotatable bonds is 12. The predicted octanol–water partition coefficient (Wildman–Crippen LogP) is 8.84. The summed E-state index contributed by atoms with van der Waals surface area (Å²) in [5, 5.41) is 3.36. The van der Waals surface area contributed by atoms with E-state index in [1.165, 1.54) is 11.1 Å². The van der Waals surface area contributed by atoms with E-state index in [9.17, 15) is 4.79 Å². The van der Waals surface area contributed by atoms with Crippen LogP contribution < -0.4 is 11.1 Å². The van der Waals surface area contributed by atoms with Crippen molar-refractivity contribution < 1.29 is 4.79 Å². The van der Waals surface area contributed by atoms with E-state index in [1.54, 1.807) is 0 Å². The minimum atomic E-state index is -0.540. The van der Waals surface area contributed by atoms with E-state index in [-0.39, 0.29) is 5.91 Å². The van der Waals surface area contributed by atoms with Crippen molar-refractivity contribution in [2.75, 3.05) is 33.2 Å². The molecule has 1 saturated heterocycles. The molecule has 1 heterocycles. The van der Waals surface area contributed by atoms with Gasteiger partial charge < -0.3 is 20.9 Å². The molecule has 1 fully saturated rings. The number of aliphatic imine (C=N–C) groups is 1. The van der Waals surface area contributed by atoms with Gasteiger partial charge in [-0.15, -0.1) is 0 Å². The minimum absolute atomic E-state index is 0.000213. The van der Waals surface area contributed by atoms with E-state index >= 15 is 0 Å². The lowest BCUT2D eigenvalue weighted by Gasteiger charge is -2.43. The summed E-state index contributed by atoms with van der Waals surface area (Å²) < 4.78 is 0. The first kappa shape index (κ1) is 38.3. The number of amides is 1. The molecule has 0 radical (unpaired) electrons. The number of nitrogens with one attached hydrogen (secondary N) is 1. The molecule has 0 spiro atoms. The number of likely N-dealkylation sites (N-methyl/N-ethyl adjacent to an activating group) is 1. The number of allylic oxidation sites excluding steroid dienone is 8. The van der Waals surface area contributed by atoms with Crippen LogP contribution in [-0.4, -0.2) is 60.2 Å². The summed E-state index contributed by atoms with van der Waals surface area (Å²) in [7, 11) is 2.16. The zero-order valence-corrected chi connectivity index (χ0v) is 32.3. The molecular weight excluding hydrogens is 639 g/mol. The Labute approximate surface area is 312 Å². The summed E-state index contributed by atoms with van der Waals surface area (Å²) in [6.45, 7) is 20.9. The quantitative estimate of drug-likeness (QED) is 0.147. The van der Waals surface area contributed by atoms with Crippen LogP contribution in [0, 0.1) is 0 Å². The summed E-state index contributed by atoms with van der Waals surface area (Å²) >= 11 is 0. The molecule has 0 bridgehead atoms. The van der Waals surface area contributed by atoms with Gasteiger partial charge in [-0.1, -0.05) is 118 Å². The molecule has 0 atom stereocenters. The molecule has 6 nitrogen and oxygen atoms in total. The molecule has 2 aliphatic rings. The highest BCUT2D eigenvalue weighted by Crippen LogP contribution is 2.36. The molecular formula is C46H57N5O. The Morgan fingerprint density at radius 1 is 0.923 bits per heavy atom. The third-order valence-electron chi connectivity index (χ3n) is 10.9. The van der Waals surface area contributed by atoms with Gasteiger partial charge in [0.15, 0.2) is 0 Å². The van der Waals surface area contributed by atoms with Crippen molar-refractivity contribution in [2.45, 2.75) is 71.8 Å². The summed E-state index contributed by atoms with van der Waals surface area (Å²) in [6, 6.07) is 27.1. The Morgan fingerprint density at radius 3 is 2.23 bits per heavy atom. The molecule has 5 rings (SSSR count). The summed E-state index contributed by atoms with van der Waals surface area (Å²) in [6.07, 6.45) is 10.9. The highest BCUT2D eigenvalue weighted by molar-refractivity contribution is 6.03. The number of benzene rings is 3. The highest BCUT2D eigenvalue weighted by atomic mass is 16.1. The first-order valence-corrected chi connectivity index (χ1v) is 18.5. The fourth-order valence-electron chi connectivity index (χ4n) is 6.93. The van der Waals surface area contributed by atoms with Crippen LogP contribution in [0.25, 0.3) is 16.7 Å². The average Bonchev–Trinajstić information content (AvgIpc) is 3.12. The van der Waals surface area contributed by atoms with Gasteiger partial charge in [-0.3, -0.25) is 4.79 Å². The summed E-state index contributed by atoms with van der Waals surface area (Å²) in [5.41, 5.74) is 15.8. The maximum Gasteiger partial charge on any atom is 0.224 e. The molecule has 272 valence electrons. The normalized spacial score (nSPS) is 16.7. The first-order valence-electron chi connectivity index (χ1n) is 18.5. The van der Waals surface area contributed by atoms with Gasteiger partial charge in [0.1, 0.15) is 5.82 Å². The number of piperazine rings is 1. The highest BCUT2D eigenvalue weighted by Gasteiger charge is 2.39. The van der Waals surface area contributed by atoms with Crippen molar-refractivity contribution >= 4 is 17.2 Å². The van der Waals surface area contributed by atoms with Crippen LogP contribution >= 0.6 is 0 Å². The van der Waals surface area contributed by atoms with E-state index in [2.05, 4.69) is 136 Å². The van der Waals surface area contributed by atoms with Crippen LogP contribution in [0.5, 0.6) is 0 Å². The fourth-order valence-corrected chi connectivity index (χ4v) is 6.93. The lowest BCUT2D eigenvalue weighted by Crippen LogP contribution is -2.56. The Kier molecular flexibility index (Phi) is 12.2. The topological polar surface area (TPSA) is 74.0 Å². The molecule has 0 aromatic heterocycles. The molecule has 52 heavy (non-hydrogen) atoms. The van der Waals surface area contributed by atoms with Crippen molar-refractivity contribution in [3.05, 3.63) is 149 Å². The van der Waals surface area contributed by atoms with E-state index in [4.69, 9.17) is 10.7 Å². The molecule has 3 aromatic carbocycles. The Balaban J connectivity index is 1.36. The molecule has 3 N–H and O–H groups in total. The standard InChI is InChI=1S/C46H57N5O/c1-33(30-42(51-28-26-50(8)27-29-51)48-35(3)44(34(2)47)39-18-13-10-14-19-39)40-20-15-21-41(32-40)45(4,5)46(6,7)49-43(52)31-36-22-24-38(25-23-36)37-16-11-9-12-17-37/h9-13,15-18,20-25,30,32H,1,14,19,26-29,31,47H2,2-8H3,(H,49,52)/b42-30+,44-34+,48-35+. The smallest absolute Gasteiger partial charge is 0.224 e. The van der Waals surface area contributed by atoms with Gasteiger partial charge in [0, 0.05) is 54.1 Å². The van der Waals surface area contributed by atoms with Gasteiger partial charge in [0.25, 0.3) is 0 Å². The predicted molar refractivity (Wildman–Crippen MR) is 220 cm³/mol. The Bertz CT molecular complexity index is 1900. The SMILES string of the molecule is C=C(\C=C(/N=C(C)/C(C1=CC=CCC1)=C(/C)N)N1CCN(C)CC1)c1cccc(C(C)(C)C(C)(C)NC(=O)Cc2ccc(-c3ccccc3)cc2)c1. The van der Waals surface area contributed by atoms with Crippen LogP contribution in [0.15, 0.2) is 137 Å². The van der Waals surface area contributed by atoms with Crippen molar-refractivity contribution in [1.82, 2.24) is 15.1 Å². The second-order valence-corrected chi connectivity index (χ2v) is 15.4. The number of hydrogen-bond acceptors (Lipinski definition) is 5. The minimum Gasteiger partial charge on any atom is -0.402 e. The summed E-state index contributed by atoms with van der Waals surface area (Å²) in [5.74, 6) is 0.899. The monoisotopic (exact) mass is 695 g/mol. The van der Waals surface area contributed by atoms with Gasteiger partial charge >= 0.3 is 0 Å². The largest absolute Gasteiger partial charge is 0.402 e. The molecule has 0 unspecified atom stereocenters. The van der Waals surface area contributed by atoms with Crippen molar-refractivity contribution in [3.63, 3.8) is 0 Å². The lowest BCUT2D eigenvalue weighted by atomic mass is 9.69. The van der Waals surface area contributed by atoms with Gasteiger partial charge in [0.2, 0.25) is 5.91 Å². The van der Waals surface area contributed by atoms with Crippen LogP contribution in [0.2, 0.25) is 0 Å². The summed E-state index contributed by atoms with van der Waals surface area (Å²) in [4.78, 5) is 23.4. The Morgan fingerprint density at radius 2 is 1.60 bits per heavy atom. The first-order chi connectivity index (χ1) is 24.7. The molecule has 1 aliphatic carbocycles. The van der Waals surface area contributed by atoms with E-state index in [0.717, 1.165) is 89.7 Å². The second-order valence-electron chi connectivity index (χ2n) is 15.4. The number of hydrogen-bond donors (Lipinski definition) is 2. The molecule has 0 saturated carbocycles. The van der Waals surface area contributed by atoms with Crippen LogP contribution in [-0.2, 0) is 16.6 Å². The third-order valence-corrected chi connectivity index (χ3v) is 10.9. The van der Waals surface area contributed by atoms with Crippen LogP contribution in [0.4, 0.5) is 0 Å². The van der Waals surface area contributed by atoms with Crippen LogP contribution in [0.3, 0.4) is 0 Å². The van der Waals surface area contributed by atoms with Crippen molar-refractivity contribution in [3.8, 4) is 11.1 Å². The number of nitrogens with zero attached hydrogens (tertiary/aromatic N) is 3.